The zero-order valence-corrected chi connectivity index (χ0v) is 14.1. The van der Waals surface area contributed by atoms with E-state index >= 15 is 0 Å². The molecular formula is C18H24N2S. The lowest BCUT2D eigenvalue weighted by Crippen LogP contribution is -2.10. The van der Waals surface area contributed by atoms with Crippen molar-refractivity contribution in [1.82, 2.24) is 4.98 Å². The van der Waals surface area contributed by atoms with Crippen LogP contribution in [-0.4, -0.2) is 11.5 Å². The molecule has 0 bridgehead atoms. The quantitative estimate of drug-likeness (QED) is 0.805. The van der Waals surface area contributed by atoms with Gasteiger partial charge in [0.2, 0.25) is 0 Å². The molecule has 1 N–H and O–H groups in total. The largest absolute Gasteiger partial charge is 0.370 e. The fraction of sp³-hybridized carbons (Fsp3) is 0.389. The molecule has 1 aromatic heterocycles. The van der Waals surface area contributed by atoms with Gasteiger partial charge in [0.05, 0.1) is 0 Å². The standard InChI is InChI=1S/C18H24N2S/c1-5-13-19-16-7-6-8-17(20-16)21-15-11-9-14(10-12-15)18(2,3)4/h6-12H,5,13H2,1-4H3,(H,19,20). The van der Waals surface area contributed by atoms with Crippen LogP contribution in [0.15, 0.2) is 52.4 Å². The lowest BCUT2D eigenvalue weighted by atomic mass is 9.87. The van der Waals surface area contributed by atoms with Crippen LogP contribution >= 0.6 is 11.8 Å². The highest BCUT2D eigenvalue weighted by molar-refractivity contribution is 7.99. The van der Waals surface area contributed by atoms with E-state index in [0.29, 0.717) is 0 Å². The molecule has 0 saturated carbocycles. The highest BCUT2D eigenvalue weighted by atomic mass is 32.2. The van der Waals surface area contributed by atoms with E-state index in [2.05, 4.69) is 74.4 Å². The summed E-state index contributed by atoms with van der Waals surface area (Å²) in [5, 5.41) is 4.35. The van der Waals surface area contributed by atoms with Crippen molar-refractivity contribution in [2.24, 2.45) is 0 Å². The molecule has 0 saturated heterocycles. The van der Waals surface area contributed by atoms with E-state index in [4.69, 9.17) is 0 Å². The highest BCUT2D eigenvalue weighted by Gasteiger charge is 2.13. The fourth-order valence-corrected chi connectivity index (χ4v) is 2.77. The molecule has 0 spiro atoms. The Morgan fingerprint density at radius 1 is 1.05 bits per heavy atom. The summed E-state index contributed by atoms with van der Waals surface area (Å²) in [6.45, 7) is 9.82. The van der Waals surface area contributed by atoms with Crippen LogP contribution in [0.1, 0.15) is 39.7 Å². The number of nitrogens with one attached hydrogen (secondary N) is 1. The van der Waals surface area contributed by atoms with E-state index in [1.165, 1.54) is 10.5 Å². The van der Waals surface area contributed by atoms with Crippen LogP contribution in [0.5, 0.6) is 0 Å². The number of aromatic nitrogens is 1. The number of nitrogens with zero attached hydrogens (tertiary/aromatic N) is 1. The zero-order chi connectivity index (χ0) is 15.3. The first-order chi connectivity index (χ1) is 9.99. The normalized spacial score (nSPS) is 11.4. The maximum atomic E-state index is 4.63. The SMILES string of the molecule is CCCNc1cccc(Sc2ccc(C(C)(C)C)cc2)n1. The number of benzene rings is 1. The Bertz CT molecular complexity index is 571. The number of pyridine rings is 1. The van der Waals surface area contributed by atoms with Gasteiger partial charge in [-0.25, -0.2) is 4.98 Å². The van der Waals surface area contributed by atoms with Crippen LogP contribution in [0.4, 0.5) is 5.82 Å². The van der Waals surface area contributed by atoms with Gasteiger partial charge in [-0.15, -0.1) is 0 Å². The lowest BCUT2D eigenvalue weighted by Gasteiger charge is -2.19. The first-order valence-corrected chi connectivity index (χ1v) is 8.30. The smallest absolute Gasteiger partial charge is 0.127 e. The van der Waals surface area contributed by atoms with E-state index in [9.17, 15) is 0 Å². The molecule has 1 heterocycles. The summed E-state index contributed by atoms with van der Waals surface area (Å²) in [6, 6.07) is 14.9. The zero-order valence-electron chi connectivity index (χ0n) is 13.3. The Morgan fingerprint density at radius 2 is 1.76 bits per heavy atom. The second-order valence-electron chi connectivity index (χ2n) is 6.16. The van der Waals surface area contributed by atoms with E-state index < -0.39 is 0 Å². The second kappa shape index (κ2) is 6.99. The van der Waals surface area contributed by atoms with Gasteiger partial charge in [0.15, 0.2) is 0 Å². The number of hydrogen-bond acceptors (Lipinski definition) is 3. The second-order valence-corrected chi connectivity index (χ2v) is 7.26. The number of hydrogen-bond donors (Lipinski definition) is 1. The van der Waals surface area contributed by atoms with Crippen LogP contribution < -0.4 is 5.32 Å². The van der Waals surface area contributed by atoms with E-state index in [0.717, 1.165) is 23.8 Å². The van der Waals surface area contributed by atoms with Gasteiger partial charge in [-0.05, 0) is 41.7 Å². The van der Waals surface area contributed by atoms with Crippen molar-refractivity contribution >= 4 is 17.6 Å². The Morgan fingerprint density at radius 3 is 2.38 bits per heavy atom. The molecule has 0 aliphatic carbocycles. The maximum absolute atomic E-state index is 4.63. The predicted octanol–water partition coefficient (Wildman–Crippen LogP) is 5.35. The van der Waals surface area contributed by atoms with Gasteiger partial charge in [0.25, 0.3) is 0 Å². The molecule has 0 amide bonds. The third-order valence-corrected chi connectivity index (χ3v) is 4.17. The molecule has 2 aromatic rings. The summed E-state index contributed by atoms with van der Waals surface area (Å²) in [7, 11) is 0. The summed E-state index contributed by atoms with van der Waals surface area (Å²) in [5.74, 6) is 0.952. The molecule has 2 rings (SSSR count). The Hall–Kier alpha value is -1.48. The Kier molecular flexibility index (Phi) is 5.29. The minimum Gasteiger partial charge on any atom is -0.370 e. The van der Waals surface area contributed by atoms with Gasteiger partial charge in [0.1, 0.15) is 10.8 Å². The van der Waals surface area contributed by atoms with Crippen molar-refractivity contribution in [3.8, 4) is 0 Å². The van der Waals surface area contributed by atoms with Gasteiger partial charge in [-0.2, -0.15) is 0 Å². The molecule has 0 unspecified atom stereocenters. The minimum atomic E-state index is 0.200. The average molecular weight is 300 g/mol. The fourth-order valence-electron chi connectivity index (χ4n) is 1.97. The van der Waals surface area contributed by atoms with Gasteiger partial charge in [0, 0.05) is 11.4 Å². The van der Waals surface area contributed by atoms with Crippen LogP contribution in [0.2, 0.25) is 0 Å². The summed E-state index contributed by atoms with van der Waals surface area (Å²) < 4.78 is 0. The van der Waals surface area contributed by atoms with Gasteiger partial charge in [-0.3, -0.25) is 0 Å². The first-order valence-electron chi connectivity index (χ1n) is 7.48. The maximum Gasteiger partial charge on any atom is 0.127 e. The van der Waals surface area contributed by atoms with Gasteiger partial charge in [-0.1, -0.05) is 57.7 Å². The monoisotopic (exact) mass is 300 g/mol. The molecular weight excluding hydrogens is 276 g/mol. The topological polar surface area (TPSA) is 24.9 Å². The van der Waals surface area contributed by atoms with E-state index in [1.807, 2.05) is 6.07 Å². The minimum absolute atomic E-state index is 0.200. The van der Waals surface area contributed by atoms with Crippen molar-refractivity contribution in [3.05, 3.63) is 48.0 Å². The Labute approximate surface area is 132 Å². The third kappa shape index (κ3) is 4.78. The third-order valence-electron chi connectivity index (χ3n) is 3.22. The van der Waals surface area contributed by atoms with E-state index in [-0.39, 0.29) is 5.41 Å². The van der Waals surface area contributed by atoms with Gasteiger partial charge >= 0.3 is 0 Å². The average Bonchev–Trinajstić information content (AvgIpc) is 2.45. The molecule has 0 atom stereocenters. The van der Waals surface area contributed by atoms with Crippen molar-refractivity contribution in [2.75, 3.05) is 11.9 Å². The lowest BCUT2D eigenvalue weighted by molar-refractivity contribution is 0.590. The van der Waals surface area contributed by atoms with Crippen molar-refractivity contribution in [3.63, 3.8) is 0 Å². The first kappa shape index (κ1) is 15.9. The molecule has 0 radical (unpaired) electrons. The Balaban J connectivity index is 2.07. The van der Waals surface area contributed by atoms with Crippen molar-refractivity contribution < 1.29 is 0 Å². The molecule has 2 nitrogen and oxygen atoms in total. The molecule has 3 heteroatoms. The molecule has 0 aliphatic heterocycles. The summed E-state index contributed by atoms with van der Waals surface area (Å²) in [6.07, 6.45) is 1.10. The molecule has 0 aliphatic rings. The predicted molar refractivity (Wildman–Crippen MR) is 92.3 cm³/mol. The summed E-state index contributed by atoms with van der Waals surface area (Å²) in [5.41, 5.74) is 1.56. The highest BCUT2D eigenvalue weighted by Crippen LogP contribution is 2.29. The van der Waals surface area contributed by atoms with Gasteiger partial charge < -0.3 is 5.32 Å². The van der Waals surface area contributed by atoms with E-state index in [1.54, 1.807) is 11.8 Å². The summed E-state index contributed by atoms with van der Waals surface area (Å²) >= 11 is 1.70. The number of rotatable bonds is 5. The van der Waals surface area contributed by atoms with Crippen LogP contribution in [0.25, 0.3) is 0 Å². The summed E-state index contributed by atoms with van der Waals surface area (Å²) in [4.78, 5) is 5.85. The van der Waals surface area contributed by atoms with Crippen LogP contribution in [-0.2, 0) is 5.41 Å². The molecule has 0 fully saturated rings. The molecule has 112 valence electrons. The van der Waals surface area contributed by atoms with Crippen molar-refractivity contribution in [2.45, 2.75) is 49.5 Å². The van der Waals surface area contributed by atoms with Crippen molar-refractivity contribution in [1.29, 1.82) is 0 Å². The molecule has 1 aromatic carbocycles. The van der Waals surface area contributed by atoms with Crippen LogP contribution in [0.3, 0.4) is 0 Å². The number of anilines is 1. The van der Waals surface area contributed by atoms with Crippen LogP contribution in [0, 0.1) is 0 Å². The molecule has 21 heavy (non-hydrogen) atoms.